The Kier molecular flexibility index (Phi) is 6.57. The van der Waals surface area contributed by atoms with E-state index < -0.39 is 0 Å². The van der Waals surface area contributed by atoms with E-state index in [0.29, 0.717) is 6.04 Å². The van der Waals surface area contributed by atoms with Gasteiger partial charge in [0.25, 0.3) is 0 Å². The minimum atomic E-state index is -0.175. The molecule has 1 saturated carbocycles. The van der Waals surface area contributed by atoms with E-state index in [1.165, 1.54) is 19.3 Å². The van der Waals surface area contributed by atoms with Crippen LogP contribution in [0.5, 0.6) is 0 Å². The van der Waals surface area contributed by atoms with Gasteiger partial charge < -0.3 is 4.90 Å². The number of benzene rings is 2. The molecule has 0 saturated heterocycles. The van der Waals surface area contributed by atoms with Gasteiger partial charge in [0.05, 0.1) is 0 Å². The molecule has 3 heteroatoms. The minimum absolute atomic E-state index is 0.175. The normalized spacial score (nSPS) is 16.4. The molecule has 2 nitrogen and oxygen atoms in total. The summed E-state index contributed by atoms with van der Waals surface area (Å²) in [6.07, 6.45) is 6.10. The van der Waals surface area contributed by atoms with Crippen LogP contribution in [0.3, 0.4) is 0 Å². The van der Waals surface area contributed by atoms with Crippen LogP contribution in [0.25, 0.3) is 0 Å². The quantitative estimate of drug-likeness (QED) is 0.621. The van der Waals surface area contributed by atoms with Crippen LogP contribution in [0.1, 0.15) is 49.8 Å². The fourth-order valence-corrected chi connectivity index (χ4v) is 4.78. The van der Waals surface area contributed by atoms with Gasteiger partial charge in [0.15, 0.2) is 0 Å². The molecule has 0 unspecified atom stereocenters. The number of hydrogen-bond donors (Lipinski definition) is 0. The number of hydrogen-bond acceptors (Lipinski definition) is 2. The second-order valence-corrected chi connectivity index (χ2v) is 7.82. The number of likely N-dealkylation sites (N-methyl/N-ethyl adjacent to an activating group) is 1. The van der Waals surface area contributed by atoms with Crippen LogP contribution in [0.15, 0.2) is 65.6 Å². The van der Waals surface area contributed by atoms with Gasteiger partial charge in [-0.3, -0.25) is 4.79 Å². The Bertz CT molecular complexity index is 652. The smallest absolute Gasteiger partial charge is 0.240 e. The zero-order chi connectivity index (χ0) is 17.5. The van der Waals surface area contributed by atoms with Crippen molar-refractivity contribution in [1.82, 2.24) is 4.90 Å². The fraction of sp³-hybridized carbons (Fsp3) is 0.409. The van der Waals surface area contributed by atoms with Gasteiger partial charge in [0.2, 0.25) is 5.91 Å². The summed E-state index contributed by atoms with van der Waals surface area (Å²) in [4.78, 5) is 16.8. The lowest BCUT2D eigenvalue weighted by atomic mass is 9.93. The van der Waals surface area contributed by atoms with Gasteiger partial charge in [0, 0.05) is 17.5 Å². The largest absolute Gasteiger partial charge is 0.339 e. The van der Waals surface area contributed by atoms with Crippen molar-refractivity contribution in [3.63, 3.8) is 0 Å². The first kappa shape index (κ1) is 18.1. The van der Waals surface area contributed by atoms with E-state index >= 15 is 0 Å². The van der Waals surface area contributed by atoms with Crippen LogP contribution in [0, 0.1) is 0 Å². The molecule has 0 heterocycles. The molecule has 0 aromatic heterocycles. The van der Waals surface area contributed by atoms with Crippen molar-refractivity contribution in [1.29, 1.82) is 0 Å². The molecule has 1 amide bonds. The monoisotopic (exact) mass is 353 g/mol. The predicted octanol–water partition coefficient (Wildman–Crippen LogP) is 5.70. The lowest BCUT2D eigenvalue weighted by Crippen LogP contribution is -2.43. The molecule has 3 rings (SSSR count). The van der Waals surface area contributed by atoms with Gasteiger partial charge in [-0.2, -0.15) is 0 Å². The summed E-state index contributed by atoms with van der Waals surface area (Å²) < 4.78 is 0. The number of nitrogens with zero attached hydrogens (tertiary/aromatic N) is 1. The third-order valence-corrected chi connectivity index (χ3v) is 6.22. The minimum Gasteiger partial charge on any atom is -0.339 e. The molecule has 0 spiro atoms. The third-order valence-electron chi connectivity index (χ3n) is 4.96. The maximum atomic E-state index is 13.5. The van der Waals surface area contributed by atoms with Crippen molar-refractivity contribution in [3.05, 3.63) is 66.2 Å². The van der Waals surface area contributed by atoms with Gasteiger partial charge in [-0.15, -0.1) is 11.8 Å². The Morgan fingerprint density at radius 1 is 1.00 bits per heavy atom. The first-order valence-electron chi connectivity index (χ1n) is 9.36. The fourth-order valence-electron chi connectivity index (χ4n) is 3.66. The lowest BCUT2D eigenvalue weighted by Gasteiger charge is -2.36. The Morgan fingerprint density at radius 3 is 2.20 bits per heavy atom. The topological polar surface area (TPSA) is 20.3 Å². The molecule has 0 aliphatic heterocycles. The highest BCUT2D eigenvalue weighted by molar-refractivity contribution is 8.00. The first-order chi connectivity index (χ1) is 12.3. The van der Waals surface area contributed by atoms with E-state index in [-0.39, 0.29) is 11.2 Å². The van der Waals surface area contributed by atoms with Crippen molar-refractivity contribution in [2.75, 3.05) is 6.54 Å². The van der Waals surface area contributed by atoms with Crippen molar-refractivity contribution in [2.24, 2.45) is 0 Å². The summed E-state index contributed by atoms with van der Waals surface area (Å²) in [5, 5.41) is -0.175. The van der Waals surface area contributed by atoms with E-state index in [9.17, 15) is 4.79 Å². The zero-order valence-corrected chi connectivity index (χ0v) is 15.8. The van der Waals surface area contributed by atoms with Crippen LogP contribution >= 0.6 is 11.8 Å². The number of amides is 1. The second-order valence-electron chi connectivity index (χ2n) is 6.64. The third kappa shape index (κ3) is 4.66. The number of carbonyl (C=O) groups excluding carboxylic acids is 1. The maximum Gasteiger partial charge on any atom is 0.240 e. The highest BCUT2D eigenvalue weighted by Gasteiger charge is 2.31. The molecule has 0 bridgehead atoms. The Balaban J connectivity index is 1.85. The van der Waals surface area contributed by atoms with Crippen LogP contribution in [-0.2, 0) is 4.79 Å². The van der Waals surface area contributed by atoms with Crippen molar-refractivity contribution < 1.29 is 4.79 Å². The molecule has 1 atom stereocenters. The number of carbonyl (C=O) groups is 1. The summed E-state index contributed by atoms with van der Waals surface area (Å²) in [6, 6.07) is 20.9. The molecular formula is C22H27NOS. The van der Waals surface area contributed by atoms with Gasteiger partial charge in [-0.05, 0) is 37.5 Å². The van der Waals surface area contributed by atoms with E-state index in [4.69, 9.17) is 0 Å². The summed E-state index contributed by atoms with van der Waals surface area (Å²) in [5.74, 6) is 0.259. The average molecular weight is 354 g/mol. The van der Waals surface area contributed by atoms with E-state index in [0.717, 1.165) is 29.8 Å². The molecule has 2 aromatic carbocycles. The van der Waals surface area contributed by atoms with E-state index in [2.05, 4.69) is 36.1 Å². The molecule has 25 heavy (non-hydrogen) atoms. The van der Waals surface area contributed by atoms with E-state index in [1.807, 2.05) is 36.4 Å². The van der Waals surface area contributed by atoms with Crippen LogP contribution in [0.2, 0.25) is 0 Å². The zero-order valence-electron chi connectivity index (χ0n) is 14.9. The molecule has 0 radical (unpaired) electrons. The molecule has 1 aliphatic rings. The van der Waals surface area contributed by atoms with Crippen LogP contribution in [-0.4, -0.2) is 23.4 Å². The van der Waals surface area contributed by atoms with Gasteiger partial charge >= 0.3 is 0 Å². The Labute approximate surface area is 155 Å². The lowest BCUT2D eigenvalue weighted by molar-refractivity contribution is -0.133. The van der Waals surface area contributed by atoms with Crippen LogP contribution in [0.4, 0.5) is 0 Å². The molecule has 2 aromatic rings. The molecular weight excluding hydrogens is 326 g/mol. The van der Waals surface area contributed by atoms with Crippen LogP contribution < -0.4 is 0 Å². The number of thioether (sulfide) groups is 1. The summed E-state index contributed by atoms with van der Waals surface area (Å²) in [6.45, 7) is 2.91. The summed E-state index contributed by atoms with van der Waals surface area (Å²) in [5.41, 5.74) is 1.09. The molecule has 1 fully saturated rings. The maximum absolute atomic E-state index is 13.5. The molecule has 132 valence electrons. The highest BCUT2D eigenvalue weighted by atomic mass is 32.2. The average Bonchev–Trinajstić information content (AvgIpc) is 2.69. The summed E-state index contributed by atoms with van der Waals surface area (Å²) in [7, 11) is 0. The standard InChI is InChI=1S/C22H27NOS/c1-2-23(19-14-8-4-9-15-19)22(24)21(18-12-6-3-7-13-18)25-20-16-10-5-11-17-20/h3,5-7,10-13,16-17,19,21H,2,4,8-9,14-15H2,1H3/t21-/m1/s1. The highest BCUT2D eigenvalue weighted by Crippen LogP contribution is 2.38. The SMILES string of the molecule is CCN(C(=O)[C@H](Sc1ccccc1)c1ccccc1)C1CCCCC1. The Morgan fingerprint density at radius 2 is 1.60 bits per heavy atom. The predicted molar refractivity (Wildman–Crippen MR) is 106 cm³/mol. The van der Waals surface area contributed by atoms with Crippen molar-refractivity contribution >= 4 is 17.7 Å². The van der Waals surface area contributed by atoms with Gasteiger partial charge in [0.1, 0.15) is 5.25 Å². The van der Waals surface area contributed by atoms with Crippen molar-refractivity contribution in [3.8, 4) is 0 Å². The van der Waals surface area contributed by atoms with Crippen molar-refractivity contribution in [2.45, 2.75) is 55.2 Å². The molecule has 0 N–H and O–H groups in total. The Hall–Kier alpha value is -1.74. The first-order valence-corrected chi connectivity index (χ1v) is 10.2. The van der Waals surface area contributed by atoms with E-state index in [1.54, 1.807) is 11.8 Å². The summed E-state index contributed by atoms with van der Waals surface area (Å²) >= 11 is 1.67. The van der Waals surface area contributed by atoms with Gasteiger partial charge in [-0.25, -0.2) is 0 Å². The number of rotatable bonds is 6. The molecule has 1 aliphatic carbocycles. The van der Waals surface area contributed by atoms with Gasteiger partial charge in [-0.1, -0.05) is 67.8 Å². The second kappa shape index (κ2) is 9.10.